The van der Waals surface area contributed by atoms with Gasteiger partial charge in [0.1, 0.15) is 0 Å². The van der Waals surface area contributed by atoms with Crippen LogP contribution in [0.5, 0.6) is 0 Å². The summed E-state index contributed by atoms with van der Waals surface area (Å²) in [5.74, 6) is -0.793. The molecule has 3 aromatic carbocycles. The van der Waals surface area contributed by atoms with Crippen molar-refractivity contribution in [1.82, 2.24) is 4.98 Å². The number of benzene rings is 3. The third-order valence-electron chi connectivity index (χ3n) is 4.69. The number of pyridine rings is 1. The Balaban J connectivity index is 1.67. The summed E-state index contributed by atoms with van der Waals surface area (Å²) < 4.78 is 6.35. The molecule has 0 amide bonds. The van der Waals surface area contributed by atoms with Gasteiger partial charge in [-0.05, 0) is 37.3 Å². The van der Waals surface area contributed by atoms with Crippen LogP contribution in [0, 0.1) is 6.92 Å². The number of aryl methyl sites for hydroxylation is 1. The van der Waals surface area contributed by atoms with Gasteiger partial charge in [-0.15, -0.1) is 0 Å². The highest BCUT2D eigenvalue weighted by Gasteiger charge is 2.22. The number of nitrogens with zero attached hydrogens (tertiary/aromatic N) is 1. The van der Waals surface area contributed by atoms with Gasteiger partial charge < -0.3 is 4.74 Å². The van der Waals surface area contributed by atoms with E-state index in [1.807, 2.05) is 61.5 Å². The number of para-hydroxylation sites is 1. The number of hydrogen-bond acceptors (Lipinski definition) is 5. The van der Waals surface area contributed by atoms with Gasteiger partial charge in [0.2, 0.25) is 0 Å². The molecule has 1 heterocycles. The second kappa shape index (κ2) is 9.45. The number of rotatable bonds is 6. The summed E-state index contributed by atoms with van der Waals surface area (Å²) >= 11 is 4.81. The van der Waals surface area contributed by atoms with Gasteiger partial charge in [0.05, 0.1) is 16.8 Å². The maximum atomic E-state index is 13.2. The molecule has 0 aliphatic carbocycles. The van der Waals surface area contributed by atoms with Crippen LogP contribution in [0.2, 0.25) is 0 Å². The van der Waals surface area contributed by atoms with E-state index in [9.17, 15) is 9.59 Å². The summed E-state index contributed by atoms with van der Waals surface area (Å²) in [5.41, 5.74) is 2.37. The number of ketones is 1. The van der Waals surface area contributed by atoms with Crippen LogP contribution < -0.4 is 0 Å². The lowest BCUT2D eigenvalue weighted by molar-refractivity contribution is 0.0473. The highest BCUT2D eigenvalue weighted by atomic mass is 79.9. The van der Waals surface area contributed by atoms with Crippen LogP contribution >= 0.6 is 27.7 Å². The van der Waals surface area contributed by atoms with E-state index >= 15 is 0 Å². The first-order valence-corrected chi connectivity index (χ1v) is 11.2. The standard InChI is InChI=1S/C25H18BrNO3S/c1-16-24(31-19-7-3-2-4-8-19)23(20-9-5-6-10-21(20)27-16)25(29)30-15-22(28)17-11-13-18(26)14-12-17/h2-14H,15H2,1H3. The zero-order valence-electron chi connectivity index (χ0n) is 16.7. The minimum atomic E-state index is -0.536. The number of aromatic nitrogens is 1. The quantitative estimate of drug-likeness (QED) is 0.227. The molecule has 1 aromatic heterocycles. The first kappa shape index (κ1) is 21.3. The molecule has 0 aliphatic rings. The van der Waals surface area contributed by atoms with E-state index in [1.54, 1.807) is 24.3 Å². The lowest BCUT2D eigenvalue weighted by Crippen LogP contribution is -2.16. The van der Waals surface area contributed by atoms with Gasteiger partial charge in [-0.2, -0.15) is 0 Å². The number of hydrogen-bond donors (Lipinski definition) is 0. The van der Waals surface area contributed by atoms with Crippen LogP contribution in [-0.2, 0) is 4.74 Å². The molecule has 4 rings (SSSR count). The fourth-order valence-electron chi connectivity index (χ4n) is 3.17. The normalized spacial score (nSPS) is 10.8. The maximum Gasteiger partial charge on any atom is 0.340 e. The molecule has 154 valence electrons. The van der Waals surface area contributed by atoms with E-state index < -0.39 is 5.97 Å². The molecule has 0 saturated heterocycles. The lowest BCUT2D eigenvalue weighted by atomic mass is 10.1. The molecular weight excluding hydrogens is 474 g/mol. The average Bonchev–Trinajstić information content (AvgIpc) is 2.79. The van der Waals surface area contributed by atoms with E-state index in [4.69, 9.17) is 4.74 Å². The Morgan fingerprint density at radius 2 is 1.61 bits per heavy atom. The van der Waals surface area contributed by atoms with E-state index in [-0.39, 0.29) is 12.4 Å². The summed E-state index contributed by atoms with van der Waals surface area (Å²) in [7, 11) is 0. The molecule has 4 aromatic rings. The Kier molecular flexibility index (Phi) is 6.49. The molecular formula is C25H18BrNO3S. The summed E-state index contributed by atoms with van der Waals surface area (Å²) in [5, 5.41) is 0.702. The Bertz CT molecular complexity index is 1260. The number of carbonyl (C=O) groups is 2. The van der Waals surface area contributed by atoms with Gasteiger partial charge in [0.25, 0.3) is 0 Å². The molecule has 0 saturated carbocycles. The Labute approximate surface area is 192 Å². The zero-order chi connectivity index (χ0) is 21.8. The summed E-state index contributed by atoms with van der Waals surface area (Å²) in [4.78, 5) is 32.1. The van der Waals surface area contributed by atoms with Crippen molar-refractivity contribution in [1.29, 1.82) is 0 Å². The van der Waals surface area contributed by atoms with Crippen LogP contribution in [0.15, 0.2) is 93.1 Å². The Hall–Kier alpha value is -2.96. The predicted octanol–water partition coefficient (Wildman–Crippen LogP) is 6.50. The van der Waals surface area contributed by atoms with Gasteiger partial charge in [-0.1, -0.05) is 76.2 Å². The van der Waals surface area contributed by atoms with Crippen LogP contribution in [0.3, 0.4) is 0 Å². The molecule has 4 nitrogen and oxygen atoms in total. The van der Waals surface area contributed by atoms with Gasteiger partial charge in [-0.25, -0.2) is 4.79 Å². The van der Waals surface area contributed by atoms with Crippen molar-refractivity contribution in [3.8, 4) is 0 Å². The smallest absolute Gasteiger partial charge is 0.340 e. The lowest BCUT2D eigenvalue weighted by Gasteiger charge is -2.14. The van der Waals surface area contributed by atoms with Crippen molar-refractivity contribution in [2.75, 3.05) is 6.61 Å². The molecule has 0 N–H and O–H groups in total. The second-order valence-electron chi connectivity index (χ2n) is 6.84. The third kappa shape index (κ3) is 4.86. The number of halogens is 1. The highest BCUT2D eigenvalue weighted by Crippen LogP contribution is 2.36. The summed E-state index contributed by atoms with van der Waals surface area (Å²) in [6.45, 7) is 1.55. The van der Waals surface area contributed by atoms with Crippen molar-refractivity contribution >= 4 is 50.3 Å². The predicted molar refractivity (Wildman–Crippen MR) is 126 cm³/mol. The minimum Gasteiger partial charge on any atom is -0.454 e. The molecule has 0 radical (unpaired) electrons. The summed E-state index contributed by atoms with van der Waals surface area (Å²) in [6.07, 6.45) is 0. The SMILES string of the molecule is Cc1nc2ccccc2c(C(=O)OCC(=O)c2ccc(Br)cc2)c1Sc1ccccc1. The van der Waals surface area contributed by atoms with Crippen molar-refractivity contribution in [3.05, 3.63) is 100 Å². The Morgan fingerprint density at radius 1 is 0.935 bits per heavy atom. The van der Waals surface area contributed by atoms with Crippen molar-refractivity contribution < 1.29 is 14.3 Å². The van der Waals surface area contributed by atoms with Crippen molar-refractivity contribution in [3.63, 3.8) is 0 Å². The molecule has 0 spiro atoms. The number of esters is 1. The molecule has 0 bridgehead atoms. The van der Waals surface area contributed by atoms with E-state index in [0.717, 1.165) is 20.0 Å². The number of carbonyl (C=O) groups excluding carboxylic acids is 2. The van der Waals surface area contributed by atoms with Crippen LogP contribution in [0.1, 0.15) is 26.4 Å². The van der Waals surface area contributed by atoms with E-state index in [1.165, 1.54) is 11.8 Å². The monoisotopic (exact) mass is 491 g/mol. The molecule has 0 atom stereocenters. The minimum absolute atomic E-state index is 0.256. The number of Topliss-reactive ketones (excluding diaryl/α,β-unsaturated/α-hetero) is 1. The Morgan fingerprint density at radius 3 is 2.35 bits per heavy atom. The van der Waals surface area contributed by atoms with Crippen molar-refractivity contribution in [2.24, 2.45) is 0 Å². The van der Waals surface area contributed by atoms with Crippen LogP contribution in [0.4, 0.5) is 0 Å². The fourth-order valence-corrected chi connectivity index (χ4v) is 4.46. The molecule has 0 fully saturated rings. The molecule has 6 heteroatoms. The largest absolute Gasteiger partial charge is 0.454 e. The highest BCUT2D eigenvalue weighted by molar-refractivity contribution is 9.10. The zero-order valence-corrected chi connectivity index (χ0v) is 19.1. The third-order valence-corrected chi connectivity index (χ3v) is 6.43. The first-order chi connectivity index (χ1) is 15.0. The van der Waals surface area contributed by atoms with E-state index in [0.29, 0.717) is 22.0 Å². The molecule has 0 aliphatic heterocycles. The van der Waals surface area contributed by atoms with Gasteiger partial charge >= 0.3 is 5.97 Å². The topological polar surface area (TPSA) is 56.3 Å². The van der Waals surface area contributed by atoms with Crippen LogP contribution in [-0.4, -0.2) is 23.3 Å². The van der Waals surface area contributed by atoms with Gasteiger partial charge in [-0.3, -0.25) is 9.78 Å². The van der Waals surface area contributed by atoms with Crippen LogP contribution in [0.25, 0.3) is 10.9 Å². The number of fused-ring (bicyclic) bond motifs is 1. The average molecular weight is 492 g/mol. The fraction of sp³-hybridized carbons (Fsp3) is 0.0800. The molecule has 0 unspecified atom stereocenters. The van der Waals surface area contributed by atoms with E-state index in [2.05, 4.69) is 20.9 Å². The van der Waals surface area contributed by atoms with Gasteiger partial charge in [0, 0.05) is 25.2 Å². The first-order valence-electron chi connectivity index (χ1n) is 9.61. The molecule has 31 heavy (non-hydrogen) atoms. The maximum absolute atomic E-state index is 13.2. The second-order valence-corrected chi connectivity index (χ2v) is 8.84. The van der Waals surface area contributed by atoms with Gasteiger partial charge in [0.15, 0.2) is 12.4 Å². The summed E-state index contributed by atoms with van der Waals surface area (Å²) in [6, 6.07) is 24.2. The van der Waals surface area contributed by atoms with Crippen molar-refractivity contribution in [2.45, 2.75) is 16.7 Å². The number of ether oxygens (including phenoxy) is 1.